The van der Waals surface area contributed by atoms with Gasteiger partial charge in [-0.25, -0.2) is 20.4 Å². The molecule has 4 heterocycles. The molecular formula is C36H30N12O8Zn. The molecule has 6 aromatic rings. The molecule has 0 bridgehead atoms. The fourth-order valence-electron chi connectivity index (χ4n) is 4.08. The normalized spacial score (nSPS) is 9.12. The van der Waals surface area contributed by atoms with E-state index in [-0.39, 0.29) is 19.5 Å². The van der Waals surface area contributed by atoms with Gasteiger partial charge in [-0.15, -0.1) is 0 Å². The quantitative estimate of drug-likeness (QED) is 0.0629. The third-order valence-electron chi connectivity index (χ3n) is 6.23. The summed E-state index contributed by atoms with van der Waals surface area (Å²) in [6.07, 6.45) is 6.66. The Hall–Kier alpha value is -8.06. The van der Waals surface area contributed by atoms with E-state index in [0.29, 0.717) is 45.6 Å². The number of nitrogens with zero attached hydrogens (tertiary/aromatic N) is 8. The number of carbonyl (C=O) groups excluding carboxylic acids is 2. The van der Waals surface area contributed by atoms with Gasteiger partial charge in [-0.2, -0.15) is 10.2 Å². The van der Waals surface area contributed by atoms with Crippen LogP contribution in [0.3, 0.4) is 0 Å². The summed E-state index contributed by atoms with van der Waals surface area (Å²) in [6.45, 7) is 0. The van der Waals surface area contributed by atoms with Crippen LogP contribution in [-0.2, 0) is 19.5 Å². The van der Waals surface area contributed by atoms with Crippen molar-refractivity contribution in [1.82, 2.24) is 30.8 Å². The largest absolute Gasteiger partial charge is 2.00 e. The van der Waals surface area contributed by atoms with E-state index in [1.807, 2.05) is 109 Å². The summed E-state index contributed by atoms with van der Waals surface area (Å²) in [5.74, 6) is 0. The molecule has 4 aromatic heterocycles. The van der Waals surface area contributed by atoms with E-state index >= 15 is 0 Å². The second kappa shape index (κ2) is 25.8. The van der Waals surface area contributed by atoms with Crippen LogP contribution in [-0.4, -0.2) is 53.6 Å². The molecule has 0 aliphatic rings. The number of carbonyl (C=O) groups is 2. The molecular weight excluding hydrogens is 794 g/mol. The summed E-state index contributed by atoms with van der Waals surface area (Å²) in [6, 6.07) is 39.3. The number of aromatic nitrogens is 4. The van der Waals surface area contributed by atoms with Crippen molar-refractivity contribution in [3.8, 4) is 0 Å². The van der Waals surface area contributed by atoms with Gasteiger partial charge in [-0.1, -0.05) is 60.7 Å². The van der Waals surface area contributed by atoms with Gasteiger partial charge in [0.05, 0.1) is 32.9 Å². The maximum atomic E-state index is 12.0. The van der Waals surface area contributed by atoms with Gasteiger partial charge < -0.3 is 41.3 Å². The topological polar surface area (TPSA) is 291 Å². The summed E-state index contributed by atoms with van der Waals surface area (Å²) in [7, 11) is 0. The van der Waals surface area contributed by atoms with Crippen molar-refractivity contribution in [2.75, 3.05) is 10.6 Å². The Morgan fingerprint density at radius 3 is 0.912 bits per heavy atom. The molecule has 6 rings (SSSR count). The Bertz CT molecular complexity index is 1910. The van der Waals surface area contributed by atoms with Crippen LogP contribution < -0.4 is 21.5 Å². The van der Waals surface area contributed by atoms with Crippen LogP contribution in [0.5, 0.6) is 0 Å². The molecule has 2 aromatic carbocycles. The number of rotatable bonds is 8. The minimum Gasteiger partial charge on any atom is -0.356 e. The first-order chi connectivity index (χ1) is 27.1. The number of pyridine rings is 4. The second-order valence-corrected chi connectivity index (χ2v) is 10.1. The van der Waals surface area contributed by atoms with Gasteiger partial charge in [-0.3, -0.25) is 19.9 Å². The second-order valence-electron chi connectivity index (χ2n) is 10.1. The van der Waals surface area contributed by atoms with Gasteiger partial charge in [0.2, 0.25) is 0 Å². The van der Waals surface area contributed by atoms with Crippen molar-refractivity contribution in [2.45, 2.75) is 0 Å². The van der Waals surface area contributed by atoms with Crippen molar-refractivity contribution in [3.63, 3.8) is 0 Å². The van der Waals surface area contributed by atoms with Crippen LogP contribution in [0.25, 0.3) is 0 Å². The minimum atomic E-state index is -1.75. The Labute approximate surface area is 336 Å². The van der Waals surface area contributed by atoms with Gasteiger partial charge in [0.25, 0.3) is 0 Å². The van der Waals surface area contributed by atoms with E-state index < -0.39 is 22.2 Å². The van der Waals surface area contributed by atoms with Crippen LogP contribution in [0.1, 0.15) is 22.8 Å². The predicted molar refractivity (Wildman–Crippen MR) is 206 cm³/mol. The first kappa shape index (κ1) is 45.1. The fourth-order valence-corrected chi connectivity index (χ4v) is 4.08. The van der Waals surface area contributed by atoms with Gasteiger partial charge in [-0.05, 0) is 72.8 Å². The number of hydrogen-bond donors (Lipinski definition) is 4. The Morgan fingerprint density at radius 2 is 0.684 bits per heavy atom. The monoisotopic (exact) mass is 822 g/mol. The van der Waals surface area contributed by atoms with Crippen molar-refractivity contribution in [1.29, 1.82) is 0 Å². The minimum absolute atomic E-state index is 0. The van der Waals surface area contributed by atoms with Gasteiger partial charge in [0.15, 0.2) is 0 Å². The first-order valence-electron chi connectivity index (χ1n) is 15.8. The third kappa shape index (κ3) is 18.5. The van der Waals surface area contributed by atoms with Crippen LogP contribution >= 0.6 is 0 Å². The molecule has 0 atom stereocenters. The fraction of sp³-hybridized carbons (Fsp3) is 0. The van der Waals surface area contributed by atoms with E-state index in [1.54, 1.807) is 49.1 Å². The standard InChI is InChI=1S/2C18H15N5O.2NO3.Zn/c2*24-18(21-14-8-2-1-3-9-14)23-22-17(15-10-4-6-12-19-15)16-11-5-7-13-20-16;2*2-1(3)4;/h2*1-13H,(H2,21,23,24);;;/q;;2*-1;+2. The molecule has 20 nitrogen and oxygen atoms in total. The average molecular weight is 824 g/mol. The number of urea groups is 2. The van der Waals surface area contributed by atoms with Crippen molar-refractivity contribution < 1.29 is 39.2 Å². The Kier molecular flexibility index (Phi) is 20.4. The van der Waals surface area contributed by atoms with Crippen LogP contribution in [0.2, 0.25) is 0 Å². The van der Waals surface area contributed by atoms with Gasteiger partial charge >= 0.3 is 31.5 Å². The third-order valence-corrected chi connectivity index (χ3v) is 6.23. The average Bonchev–Trinajstić information content (AvgIpc) is 3.20. The van der Waals surface area contributed by atoms with Crippen LogP contribution in [0.4, 0.5) is 21.0 Å². The number of hydrazone groups is 2. The zero-order chi connectivity index (χ0) is 40.4. The SMILES string of the molecule is O=C(NN=C(c1ccccn1)c1ccccn1)Nc1ccccc1.O=C(NN=C(c1ccccn1)c1ccccn1)Nc1ccccc1.O=[N+]([O-])[O-].O=[N+]([O-])[O-].[Zn+2]. The number of benzene rings is 2. The molecule has 4 N–H and O–H groups in total. The summed E-state index contributed by atoms with van der Waals surface area (Å²) < 4.78 is 0. The molecule has 0 saturated heterocycles. The summed E-state index contributed by atoms with van der Waals surface area (Å²) >= 11 is 0. The smallest absolute Gasteiger partial charge is 0.356 e. The molecule has 57 heavy (non-hydrogen) atoms. The maximum absolute atomic E-state index is 12.0. The van der Waals surface area contributed by atoms with E-state index in [1.165, 1.54) is 0 Å². The van der Waals surface area contributed by atoms with Crippen molar-refractivity contribution in [3.05, 3.63) is 212 Å². The van der Waals surface area contributed by atoms with E-state index in [4.69, 9.17) is 30.6 Å². The molecule has 0 aliphatic carbocycles. The van der Waals surface area contributed by atoms with E-state index in [2.05, 4.69) is 51.6 Å². The van der Waals surface area contributed by atoms with Gasteiger partial charge in [0.1, 0.15) is 11.4 Å². The molecule has 21 heteroatoms. The van der Waals surface area contributed by atoms with Crippen LogP contribution in [0.15, 0.2) is 168 Å². The number of amides is 4. The summed E-state index contributed by atoms with van der Waals surface area (Å²) in [4.78, 5) is 57.6. The zero-order valence-electron chi connectivity index (χ0n) is 29.6. The predicted octanol–water partition coefficient (Wildman–Crippen LogP) is 5.62. The van der Waals surface area contributed by atoms with Crippen molar-refractivity contribution in [2.24, 2.45) is 10.2 Å². The summed E-state index contributed by atoms with van der Waals surface area (Å²) in [5, 5.41) is 43.3. The molecule has 0 saturated carbocycles. The zero-order valence-corrected chi connectivity index (χ0v) is 32.5. The number of nitrogens with one attached hydrogen (secondary N) is 4. The van der Waals surface area contributed by atoms with E-state index in [0.717, 1.165) is 0 Å². The Balaban J connectivity index is 0.000000327. The molecule has 0 radical (unpaired) electrons. The molecule has 284 valence electrons. The molecule has 0 aliphatic heterocycles. The molecule has 0 spiro atoms. The van der Waals surface area contributed by atoms with E-state index in [9.17, 15) is 9.59 Å². The first-order valence-corrected chi connectivity index (χ1v) is 15.8. The number of anilines is 2. The maximum Gasteiger partial charge on any atom is 2.00 e. The number of para-hydroxylation sites is 2. The Morgan fingerprint density at radius 1 is 0.439 bits per heavy atom. The van der Waals surface area contributed by atoms with Crippen LogP contribution in [0, 0.1) is 30.6 Å². The number of hydrogen-bond acceptors (Lipinski definition) is 14. The summed E-state index contributed by atoms with van der Waals surface area (Å²) in [5.41, 5.74) is 9.79. The molecule has 4 amide bonds. The van der Waals surface area contributed by atoms with Crippen molar-refractivity contribution >= 4 is 34.9 Å². The molecule has 0 fully saturated rings. The van der Waals surface area contributed by atoms with Gasteiger partial charge in [0, 0.05) is 36.2 Å². The molecule has 0 unspecified atom stereocenters.